The minimum absolute atomic E-state index is 0.215. The highest BCUT2D eigenvalue weighted by atomic mass is 35.5. The number of pyridine rings is 2. The van der Waals surface area contributed by atoms with E-state index >= 15 is 0 Å². The molecule has 0 aliphatic rings. The lowest BCUT2D eigenvalue weighted by molar-refractivity contribution is 0.400. The molecule has 1 atom stereocenters. The van der Waals surface area contributed by atoms with Crippen molar-refractivity contribution < 1.29 is 9.13 Å². The molecule has 0 aromatic carbocycles. The van der Waals surface area contributed by atoms with Gasteiger partial charge in [0.25, 0.3) is 0 Å². The number of aromatic nitrogens is 6. The number of hydrogen-bond donors (Lipinski definition) is 2. The molecule has 0 radical (unpaired) electrons. The molecule has 4 aromatic rings. The van der Waals surface area contributed by atoms with E-state index in [1.165, 1.54) is 36.2 Å². The standard InChI is InChI=1S/C18H15ClFN7O2/c1-9(12-4-3-11(20)7-21-12)27-15-14(25-18(27)28)8-23-17(26-15)24-13-5-10(19)6-22-16(13)29-2/h3-9H,1-2H3,(H,25,28)(H,23,24,26)/t9-/m1/s1. The van der Waals surface area contributed by atoms with E-state index in [4.69, 9.17) is 16.3 Å². The molecule has 2 N–H and O–H groups in total. The number of anilines is 2. The van der Waals surface area contributed by atoms with Crippen molar-refractivity contribution >= 4 is 34.4 Å². The van der Waals surface area contributed by atoms with Crippen LogP contribution in [0.4, 0.5) is 16.0 Å². The summed E-state index contributed by atoms with van der Waals surface area (Å²) in [6.45, 7) is 1.77. The molecule has 0 amide bonds. The Labute approximate surface area is 168 Å². The van der Waals surface area contributed by atoms with Crippen molar-refractivity contribution in [3.63, 3.8) is 0 Å². The number of rotatable bonds is 5. The van der Waals surface area contributed by atoms with Crippen LogP contribution in [0.3, 0.4) is 0 Å². The Morgan fingerprint density at radius 1 is 1.24 bits per heavy atom. The first kappa shape index (κ1) is 18.8. The van der Waals surface area contributed by atoms with E-state index in [1.807, 2.05) is 0 Å². The van der Waals surface area contributed by atoms with E-state index in [-0.39, 0.29) is 11.6 Å². The van der Waals surface area contributed by atoms with Gasteiger partial charge >= 0.3 is 5.69 Å². The molecule has 0 saturated heterocycles. The Morgan fingerprint density at radius 3 is 2.79 bits per heavy atom. The molecule has 0 bridgehead atoms. The van der Waals surface area contributed by atoms with Gasteiger partial charge in [0.05, 0.1) is 36.3 Å². The predicted octanol–water partition coefficient (Wildman–Crippen LogP) is 3.06. The largest absolute Gasteiger partial charge is 0.480 e. The Morgan fingerprint density at radius 2 is 2.07 bits per heavy atom. The van der Waals surface area contributed by atoms with Crippen LogP contribution in [0.25, 0.3) is 11.2 Å². The molecule has 9 nitrogen and oxygen atoms in total. The van der Waals surface area contributed by atoms with Gasteiger partial charge in [0.2, 0.25) is 11.8 Å². The van der Waals surface area contributed by atoms with Crippen LogP contribution in [0.15, 0.2) is 41.6 Å². The van der Waals surface area contributed by atoms with Crippen molar-refractivity contribution in [2.24, 2.45) is 0 Å². The van der Waals surface area contributed by atoms with Crippen LogP contribution in [0.1, 0.15) is 18.7 Å². The summed E-state index contributed by atoms with van der Waals surface area (Å²) in [5.74, 6) is 0.0745. The molecule has 0 spiro atoms. The summed E-state index contributed by atoms with van der Waals surface area (Å²) in [6.07, 6.45) is 4.04. The second-order valence-corrected chi connectivity index (χ2v) is 6.58. The highest BCUT2D eigenvalue weighted by Gasteiger charge is 2.18. The second kappa shape index (κ2) is 7.47. The molecule has 0 saturated carbocycles. The zero-order valence-corrected chi connectivity index (χ0v) is 16.1. The molecule has 29 heavy (non-hydrogen) atoms. The van der Waals surface area contributed by atoms with Crippen molar-refractivity contribution in [3.05, 3.63) is 63.8 Å². The molecule has 0 fully saturated rings. The summed E-state index contributed by atoms with van der Waals surface area (Å²) in [5.41, 5.74) is 1.41. The number of H-pyrrole nitrogens is 1. The number of imidazole rings is 1. The summed E-state index contributed by atoms with van der Waals surface area (Å²) in [7, 11) is 1.48. The fourth-order valence-corrected chi connectivity index (χ4v) is 3.06. The predicted molar refractivity (Wildman–Crippen MR) is 105 cm³/mol. The van der Waals surface area contributed by atoms with E-state index in [0.717, 1.165) is 6.20 Å². The lowest BCUT2D eigenvalue weighted by Crippen LogP contribution is -2.22. The van der Waals surface area contributed by atoms with Gasteiger partial charge in [0, 0.05) is 6.20 Å². The van der Waals surface area contributed by atoms with Crippen LogP contribution >= 0.6 is 11.6 Å². The molecular weight excluding hydrogens is 401 g/mol. The highest BCUT2D eigenvalue weighted by Crippen LogP contribution is 2.27. The van der Waals surface area contributed by atoms with Gasteiger partial charge in [-0.3, -0.25) is 9.55 Å². The van der Waals surface area contributed by atoms with Gasteiger partial charge in [0.1, 0.15) is 17.0 Å². The number of aromatic amines is 1. The van der Waals surface area contributed by atoms with Gasteiger partial charge in [-0.05, 0) is 25.1 Å². The Kier molecular flexibility index (Phi) is 4.85. The van der Waals surface area contributed by atoms with Gasteiger partial charge in [0.15, 0.2) is 5.65 Å². The molecule has 148 valence electrons. The van der Waals surface area contributed by atoms with Crippen LogP contribution < -0.4 is 15.7 Å². The van der Waals surface area contributed by atoms with Crippen molar-refractivity contribution in [2.75, 3.05) is 12.4 Å². The highest BCUT2D eigenvalue weighted by molar-refractivity contribution is 6.30. The topological polar surface area (TPSA) is 111 Å². The summed E-state index contributed by atoms with van der Waals surface area (Å²) in [6, 6.07) is 3.95. The Bertz CT molecular complexity index is 1240. The minimum Gasteiger partial charge on any atom is -0.480 e. The molecule has 0 unspecified atom stereocenters. The lowest BCUT2D eigenvalue weighted by atomic mass is 10.2. The molecule has 4 heterocycles. The molecule has 4 aromatic heterocycles. The van der Waals surface area contributed by atoms with Crippen molar-refractivity contribution in [1.82, 2.24) is 29.5 Å². The first-order valence-corrected chi connectivity index (χ1v) is 8.89. The van der Waals surface area contributed by atoms with E-state index in [2.05, 4.69) is 30.2 Å². The van der Waals surface area contributed by atoms with Gasteiger partial charge in [-0.15, -0.1) is 0 Å². The van der Waals surface area contributed by atoms with E-state index in [1.54, 1.807) is 13.0 Å². The van der Waals surface area contributed by atoms with Gasteiger partial charge in [-0.25, -0.2) is 19.2 Å². The zero-order valence-electron chi connectivity index (χ0n) is 15.3. The normalized spacial score (nSPS) is 12.1. The number of nitrogens with zero attached hydrogens (tertiary/aromatic N) is 5. The maximum atomic E-state index is 13.2. The molecule has 11 heteroatoms. The lowest BCUT2D eigenvalue weighted by Gasteiger charge is -2.13. The average Bonchev–Trinajstić information content (AvgIpc) is 3.03. The third-order valence-electron chi connectivity index (χ3n) is 4.28. The van der Waals surface area contributed by atoms with Crippen LogP contribution in [0.5, 0.6) is 5.88 Å². The number of hydrogen-bond acceptors (Lipinski definition) is 7. The monoisotopic (exact) mass is 415 g/mol. The van der Waals surface area contributed by atoms with Crippen LogP contribution in [-0.4, -0.2) is 36.6 Å². The van der Waals surface area contributed by atoms with E-state index in [0.29, 0.717) is 33.4 Å². The van der Waals surface area contributed by atoms with E-state index in [9.17, 15) is 9.18 Å². The number of halogens is 2. The zero-order chi connectivity index (χ0) is 20.5. The Hall–Kier alpha value is -3.53. The summed E-state index contributed by atoms with van der Waals surface area (Å²) < 4.78 is 19.8. The van der Waals surface area contributed by atoms with E-state index < -0.39 is 11.9 Å². The molecular formula is C18H15ClFN7O2. The first-order valence-electron chi connectivity index (χ1n) is 8.51. The molecule has 4 rings (SSSR count). The quantitative estimate of drug-likeness (QED) is 0.515. The maximum absolute atomic E-state index is 13.2. The molecule has 0 aliphatic heterocycles. The third-order valence-corrected chi connectivity index (χ3v) is 4.49. The summed E-state index contributed by atoms with van der Waals surface area (Å²) in [4.78, 5) is 32.0. The minimum atomic E-state index is -0.484. The van der Waals surface area contributed by atoms with Crippen molar-refractivity contribution in [1.29, 1.82) is 0 Å². The van der Waals surface area contributed by atoms with Crippen LogP contribution in [-0.2, 0) is 0 Å². The second-order valence-electron chi connectivity index (χ2n) is 6.14. The average molecular weight is 416 g/mol. The van der Waals surface area contributed by atoms with Gasteiger partial charge in [-0.1, -0.05) is 11.6 Å². The summed E-state index contributed by atoms with van der Waals surface area (Å²) in [5, 5.41) is 3.40. The smallest absolute Gasteiger partial charge is 0.328 e. The number of fused-ring (bicyclic) bond motifs is 1. The number of ether oxygens (including phenoxy) is 1. The van der Waals surface area contributed by atoms with Crippen LogP contribution in [0, 0.1) is 5.82 Å². The van der Waals surface area contributed by atoms with Crippen molar-refractivity contribution in [3.8, 4) is 5.88 Å². The van der Waals surface area contributed by atoms with Crippen molar-refractivity contribution in [2.45, 2.75) is 13.0 Å². The number of methoxy groups -OCH3 is 1. The molecule has 0 aliphatic carbocycles. The maximum Gasteiger partial charge on any atom is 0.328 e. The Balaban J connectivity index is 1.76. The fourth-order valence-electron chi connectivity index (χ4n) is 2.90. The SMILES string of the molecule is COc1ncc(Cl)cc1Nc1ncc2[nH]c(=O)n([C@H](C)c3ccc(F)cn3)c2n1. The fraction of sp³-hybridized carbons (Fsp3) is 0.167. The van der Waals surface area contributed by atoms with Gasteiger partial charge < -0.3 is 15.0 Å². The third kappa shape index (κ3) is 3.61. The number of nitrogens with one attached hydrogen (secondary N) is 2. The summed E-state index contributed by atoms with van der Waals surface area (Å²) >= 11 is 6.00. The first-order chi connectivity index (χ1) is 14.0. The van der Waals surface area contributed by atoms with Gasteiger partial charge in [-0.2, -0.15) is 4.98 Å². The van der Waals surface area contributed by atoms with Crippen LogP contribution in [0.2, 0.25) is 5.02 Å².